The fourth-order valence-corrected chi connectivity index (χ4v) is 5.04. The molecule has 1 heterocycles. The summed E-state index contributed by atoms with van der Waals surface area (Å²) in [5.41, 5.74) is 4.08. The van der Waals surface area contributed by atoms with Crippen molar-refractivity contribution in [3.63, 3.8) is 0 Å². The second-order valence-corrected chi connectivity index (χ2v) is 9.82. The van der Waals surface area contributed by atoms with Gasteiger partial charge in [-0.05, 0) is 42.7 Å². The molecule has 3 aromatic carbocycles. The summed E-state index contributed by atoms with van der Waals surface area (Å²) in [5.74, 6) is -0.0667. The van der Waals surface area contributed by atoms with Gasteiger partial charge in [0.15, 0.2) is 0 Å². The van der Waals surface area contributed by atoms with Crippen molar-refractivity contribution >= 4 is 51.9 Å². The standard InChI is InChI=1S/C28H26N2O2S2/c1-21-14-16-22(17-15-21)19-25-27(32)29(28(33)34-25)18-8-13-26(31)30(24-11-6-3-7-12-24)20-23-9-4-2-5-10-23/h2-7,9-12,14-17,19H,8,13,18,20H2,1H3. The van der Waals surface area contributed by atoms with Gasteiger partial charge >= 0.3 is 0 Å². The number of thioether (sulfide) groups is 1. The first kappa shape index (κ1) is 23.9. The first-order valence-electron chi connectivity index (χ1n) is 11.2. The molecular weight excluding hydrogens is 460 g/mol. The summed E-state index contributed by atoms with van der Waals surface area (Å²) in [6, 6.07) is 27.7. The molecule has 0 aromatic heterocycles. The van der Waals surface area contributed by atoms with Gasteiger partial charge < -0.3 is 4.90 Å². The number of amides is 2. The van der Waals surface area contributed by atoms with Crippen molar-refractivity contribution in [3.8, 4) is 0 Å². The normalized spacial score (nSPS) is 14.6. The van der Waals surface area contributed by atoms with Crippen LogP contribution >= 0.6 is 24.0 Å². The predicted octanol–water partition coefficient (Wildman–Crippen LogP) is 6.21. The average molecular weight is 487 g/mol. The highest BCUT2D eigenvalue weighted by atomic mass is 32.2. The Kier molecular flexibility index (Phi) is 7.93. The maximum atomic E-state index is 13.2. The van der Waals surface area contributed by atoms with Crippen LogP contribution in [0.1, 0.15) is 29.5 Å². The molecular formula is C28H26N2O2S2. The largest absolute Gasteiger partial charge is 0.308 e. The molecule has 0 saturated carbocycles. The molecule has 34 heavy (non-hydrogen) atoms. The Hall–Kier alpha value is -3.22. The van der Waals surface area contributed by atoms with Crippen molar-refractivity contribution in [1.82, 2.24) is 4.90 Å². The number of carbonyl (C=O) groups is 2. The van der Waals surface area contributed by atoms with Crippen molar-refractivity contribution < 1.29 is 9.59 Å². The summed E-state index contributed by atoms with van der Waals surface area (Å²) in [5, 5.41) is 0. The smallest absolute Gasteiger partial charge is 0.266 e. The SMILES string of the molecule is Cc1ccc(C=C2SC(=S)N(CCCC(=O)N(Cc3ccccc3)c3ccccc3)C2=O)cc1. The second kappa shape index (κ2) is 11.3. The first-order valence-corrected chi connectivity index (χ1v) is 12.4. The van der Waals surface area contributed by atoms with Gasteiger partial charge in [0.2, 0.25) is 5.91 Å². The van der Waals surface area contributed by atoms with Crippen LogP contribution in [0.4, 0.5) is 5.69 Å². The van der Waals surface area contributed by atoms with Crippen LogP contribution in [0.2, 0.25) is 0 Å². The minimum Gasteiger partial charge on any atom is -0.308 e. The van der Waals surface area contributed by atoms with E-state index in [1.54, 1.807) is 9.80 Å². The molecule has 0 atom stereocenters. The van der Waals surface area contributed by atoms with E-state index in [9.17, 15) is 9.59 Å². The van der Waals surface area contributed by atoms with E-state index in [1.807, 2.05) is 97.9 Å². The van der Waals surface area contributed by atoms with E-state index in [-0.39, 0.29) is 11.8 Å². The minimum atomic E-state index is -0.0905. The second-order valence-electron chi connectivity index (χ2n) is 8.15. The molecule has 0 aliphatic carbocycles. The number of nitrogens with zero attached hydrogens (tertiary/aromatic N) is 2. The zero-order chi connectivity index (χ0) is 23.9. The summed E-state index contributed by atoms with van der Waals surface area (Å²) in [6.45, 7) is 2.96. The zero-order valence-electron chi connectivity index (χ0n) is 19.0. The third-order valence-corrected chi connectivity index (χ3v) is 6.95. The van der Waals surface area contributed by atoms with E-state index in [2.05, 4.69) is 0 Å². The topological polar surface area (TPSA) is 40.6 Å². The van der Waals surface area contributed by atoms with Crippen molar-refractivity contribution in [2.24, 2.45) is 0 Å². The Morgan fingerprint density at radius 2 is 1.62 bits per heavy atom. The number of anilines is 1. The monoisotopic (exact) mass is 486 g/mol. The molecule has 172 valence electrons. The number of carbonyl (C=O) groups excluding carboxylic acids is 2. The summed E-state index contributed by atoms with van der Waals surface area (Å²) in [7, 11) is 0. The number of para-hydroxylation sites is 1. The van der Waals surface area contributed by atoms with E-state index >= 15 is 0 Å². The van der Waals surface area contributed by atoms with Crippen molar-refractivity contribution in [3.05, 3.63) is 107 Å². The van der Waals surface area contributed by atoms with Crippen molar-refractivity contribution in [2.75, 3.05) is 11.4 Å². The Morgan fingerprint density at radius 1 is 0.971 bits per heavy atom. The Morgan fingerprint density at radius 3 is 2.29 bits per heavy atom. The molecule has 0 N–H and O–H groups in total. The molecule has 1 aliphatic heterocycles. The summed E-state index contributed by atoms with van der Waals surface area (Å²) in [4.78, 5) is 30.1. The zero-order valence-corrected chi connectivity index (χ0v) is 20.6. The van der Waals surface area contributed by atoms with Gasteiger partial charge in [-0.1, -0.05) is 102 Å². The van der Waals surface area contributed by atoms with E-state index in [0.717, 1.165) is 16.8 Å². The number of benzene rings is 3. The Balaban J connectivity index is 1.39. The summed E-state index contributed by atoms with van der Waals surface area (Å²) in [6.07, 6.45) is 2.75. The van der Waals surface area contributed by atoms with Crippen LogP contribution in [0.5, 0.6) is 0 Å². The van der Waals surface area contributed by atoms with Gasteiger partial charge in [0.25, 0.3) is 5.91 Å². The van der Waals surface area contributed by atoms with Gasteiger partial charge in [-0.3, -0.25) is 14.5 Å². The average Bonchev–Trinajstić information content (AvgIpc) is 3.12. The van der Waals surface area contributed by atoms with E-state index in [4.69, 9.17) is 12.2 Å². The fourth-order valence-electron chi connectivity index (χ4n) is 3.73. The molecule has 0 unspecified atom stereocenters. The number of hydrogen-bond acceptors (Lipinski definition) is 4. The predicted molar refractivity (Wildman–Crippen MR) is 144 cm³/mol. The lowest BCUT2D eigenvalue weighted by atomic mass is 10.1. The maximum Gasteiger partial charge on any atom is 0.266 e. The van der Waals surface area contributed by atoms with E-state index < -0.39 is 0 Å². The van der Waals surface area contributed by atoms with Crippen LogP contribution < -0.4 is 4.90 Å². The molecule has 1 saturated heterocycles. The van der Waals surface area contributed by atoms with Crippen LogP contribution in [0.15, 0.2) is 89.8 Å². The Labute approximate surface area is 210 Å². The van der Waals surface area contributed by atoms with Crippen LogP contribution in [-0.2, 0) is 16.1 Å². The lowest BCUT2D eigenvalue weighted by molar-refractivity contribution is -0.123. The van der Waals surface area contributed by atoms with E-state index in [1.165, 1.54) is 17.3 Å². The maximum absolute atomic E-state index is 13.2. The van der Waals surface area contributed by atoms with Gasteiger partial charge in [0.1, 0.15) is 4.32 Å². The Bertz CT molecular complexity index is 1190. The third-order valence-electron chi connectivity index (χ3n) is 5.57. The van der Waals surface area contributed by atoms with E-state index in [0.29, 0.717) is 35.2 Å². The number of thiocarbonyl (C=S) groups is 1. The molecule has 0 bridgehead atoms. The van der Waals surface area contributed by atoms with Crippen LogP contribution in [-0.4, -0.2) is 27.6 Å². The summed E-state index contributed by atoms with van der Waals surface area (Å²) < 4.78 is 0.542. The lowest BCUT2D eigenvalue weighted by Crippen LogP contribution is -2.33. The lowest BCUT2D eigenvalue weighted by Gasteiger charge is -2.24. The molecule has 4 nitrogen and oxygen atoms in total. The quantitative estimate of drug-likeness (QED) is 0.280. The van der Waals surface area contributed by atoms with Gasteiger partial charge in [-0.2, -0.15) is 0 Å². The van der Waals surface area contributed by atoms with Gasteiger partial charge in [-0.25, -0.2) is 0 Å². The fraction of sp³-hybridized carbons (Fsp3) is 0.179. The van der Waals surface area contributed by atoms with Gasteiger partial charge in [0, 0.05) is 18.7 Å². The number of rotatable bonds is 8. The van der Waals surface area contributed by atoms with Crippen LogP contribution in [0.25, 0.3) is 6.08 Å². The molecule has 4 rings (SSSR count). The molecule has 1 fully saturated rings. The highest BCUT2D eigenvalue weighted by Crippen LogP contribution is 2.33. The van der Waals surface area contributed by atoms with Crippen LogP contribution in [0, 0.1) is 6.92 Å². The molecule has 6 heteroatoms. The number of hydrogen-bond donors (Lipinski definition) is 0. The summed E-state index contributed by atoms with van der Waals surface area (Å²) >= 11 is 6.78. The molecule has 0 radical (unpaired) electrons. The first-order chi connectivity index (χ1) is 16.5. The molecule has 2 amide bonds. The molecule has 0 spiro atoms. The molecule has 1 aliphatic rings. The van der Waals surface area contributed by atoms with Crippen LogP contribution in [0.3, 0.4) is 0 Å². The minimum absolute atomic E-state index is 0.0238. The number of aryl methyl sites for hydroxylation is 1. The molecule has 3 aromatic rings. The highest BCUT2D eigenvalue weighted by Gasteiger charge is 2.31. The van der Waals surface area contributed by atoms with Crippen molar-refractivity contribution in [1.29, 1.82) is 0 Å². The third kappa shape index (κ3) is 6.01. The highest BCUT2D eigenvalue weighted by molar-refractivity contribution is 8.26. The van der Waals surface area contributed by atoms with Crippen molar-refractivity contribution in [2.45, 2.75) is 26.3 Å². The van der Waals surface area contributed by atoms with Gasteiger partial charge in [-0.15, -0.1) is 0 Å². The van der Waals surface area contributed by atoms with Gasteiger partial charge in [0.05, 0.1) is 11.4 Å².